The van der Waals surface area contributed by atoms with E-state index in [0.717, 1.165) is 5.56 Å². The number of aryl methyl sites for hydroxylation is 1. The van der Waals surface area contributed by atoms with Crippen LogP contribution in [-0.4, -0.2) is 8.42 Å². The van der Waals surface area contributed by atoms with Crippen LogP contribution in [0, 0.1) is 6.92 Å². The Hall–Kier alpha value is -1.30. The van der Waals surface area contributed by atoms with Crippen molar-refractivity contribution in [3.05, 3.63) is 52.9 Å². The maximum absolute atomic E-state index is 12.0. The first-order chi connectivity index (χ1) is 8.49. The van der Waals surface area contributed by atoms with Crippen molar-refractivity contribution in [3.63, 3.8) is 0 Å². The summed E-state index contributed by atoms with van der Waals surface area (Å²) in [6.07, 6.45) is 1.49. The van der Waals surface area contributed by atoms with Crippen molar-refractivity contribution in [2.24, 2.45) is 0 Å². The Morgan fingerprint density at radius 3 is 2.72 bits per heavy atom. The van der Waals surface area contributed by atoms with Gasteiger partial charge in [0.2, 0.25) is 10.0 Å². The number of furan rings is 1. The number of nitrogens with one attached hydrogen (secondary N) is 1. The molecule has 96 valence electrons. The lowest BCUT2D eigenvalue weighted by atomic mass is 10.2. The molecule has 0 saturated heterocycles. The summed E-state index contributed by atoms with van der Waals surface area (Å²) in [5.74, 6) is 0.553. The fraction of sp³-hybridized carbons (Fsp3) is 0.167. The molecule has 0 spiro atoms. The molecular weight excluding hydrogens is 274 g/mol. The van der Waals surface area contributed by atoms with Crippen molar-refractivity contribution in [1.29, 1.82) is 0 Å². The number of hydrogen-bond acceptors (Lipinski definition) is 3. The van der Waals surface area contributed by atoms with E-state index < -0.39 is 10.0 Å². The van der Waals surface area contributed by atoms with E-state index in [-0.39, 0.29) is 11.4 Å². The molecule has 0 atom stereocenters. The summed E-state index contributed by atoms with van der Waals surface area (Å²) in [6.45, 7) is 1.93. The first-order valence-corrected chi connectivity index (χ1v) is 7.13. The first-order valence-electron chi connectivity index (χ1n) is 5.27. The Morgan fingerprint density at radius 1 is 1.33 bits per heavy atom. The molecule has 0 amide bonds. The molecule has 1 aromatic heterocycles. The van der Waals surface area contributed by atoms with Gasteiger partial charge in [-0.1, -0.05) is 17.7 Å². The third kappa shape index (κ3) is 2.93. The van der Waals surface area contributed by atoms with Crippen LogP contribution in [0.25, 0.3) is 0 Å². The van der Waals surface area contributed by atoms with E-state index in [4.69, 9.17) is 16.0 Å². The zero-order valence-electron chi connectivity index (χ0n) is 9.68. The van der Waals surface area contributed by atoms with E-state index in [1.165, 1.54) is 18.4 Å². The third-order valence-electron chi connectivity index (χ3n) is 2.47. The normalized spacial score (nSPS) is 11.7. The van der Waals surface area contributed by atoms with Gasteiger partial charge in [0.1, 0.15) is 5.76 Å². The quantitative estimate of drug-likeness (QED) is 0.939. The minimum Gasteiger partial charge on any atom is -0.468 e. The molecular formula is C12H12ClNO3S. The molecule has 0 fully saturated rings. The maximum Gasteiger partial charge on any atom is 0.241 e. The predicted molar refractivity (Wildman–Crippen MR) is 68.9 cm³/mol. The molecule has 0 aliphatic rings. The average molecular weight is 286 g/mol. The zero-order chi connectivity index (χ0) is 13.2. The summed E-state index contributed by atoms with van der Waals surface area (Å²) in [7, 11) is -3.57. The van der Waals surface area contributed by atoms with Gasteiger partial charge in [-0.3, -0.25) is 0 Å². The van der Waals surface area contributed by atoms with Crippen LogP contribution in [-0.2, 0) is 16.6 Å². The van der Waals surface area contributed by atoms with Gasteiger partial charge in [0, 0.05) is 5.02 Å². The molecule has 0 bridgehead atoms. The fourth-order valence-electron chi connectivity index (χ4n) is 1.40. The summed E-state index contributed by atoms with van der Waals surface area (Å²) in [6, 6.07) is 8.02. The second-order valence-corrected chi connectivity index (χ2v) is 5.99. The maximum atomic E-state index is 12.0. The minimum atomic E-state index is -3.57. The largest absolute Gasteiger partial charge is 0.468 e. The van der Waals surface area contributed by atoms with E-state index in [0.29, 0.717) is 10.8 Å². The van der Waals surface area contributed by atoms with Gasteiger partial charge in [0.05, 0.1) is 17.7 Å². The van der Waals surface area contributed by atoms with Crippen LogP contribution in [0.5, 0.6) is 0 Å². The van der Waals surface area contributed by atoms with E-state index in [1.54, 1.807) is 18.2 Å². The van der Waals surface area contributed by atoms with Gasteiger partial charge >= 0.3 is 0 Å². The summed E-state index contributed by atoms with van der Waals surface area (Å²) < 4.78 is 31.5. The highest BCUT2D eigenvalue weighted by Crippen LogP contribution is 2.20. The van der Waals surface area contributed by atoms with Crippen LogP contribution in [0.3, 0.4) is 0 Å². The number of hydrogen-bond donors (Lipinski definition) is 1. The number of rotatable bonds is 4. The molecule has 0 unspecified atom stereocenters. The highest BCUT2D eigenvalue weighted by molar-refractivity contribution is 7.89. The molecule has 4 nitrogen and oxygen atoms in total. The standard InChI is InChI=1S/C12H12ClNO3S/c1-9-4-5-11(7-12(9)13)18(15,16)14-8-10-3-2-6-17-10/h2-7,14H,8H2,1H3. The van der Waals surface area contributed by atoms with Crippen molar-refractivity contribution >= 4 is 21.6 Å². The molecule has 6 heteroatoms. The lowest BCUT2D eigenvalue weighted by Crippen LogP contribution is -2.23. The Labute approximate surface area is 111 Å². The Balaban J connectivity index is 2.17. The highest BCUT2D eigenvalue weighted by Gasteiger charge is 2.15. The van der Waals surface area contributed by atoms with Crippen LogP contribution in [0.15, 0.2) is 45.9 Å². The third-order valence-corrected chi connectivity index (χ3v) is 4.28. The molecule has 0 aliphatic heterocycles. The Bertz CT molecular complexity index is 635. The number of sulfonamides is 1. The van der Waals surface area contributed by atoms with Gasteiger partial charge in [-0.05, 0) is 36.8 Å². The van der Waals surface area contributed by atoms with Crippen molar-refractivity contribution in [3.8, 4) is 0 Å². The number of benzene rings is 1. The molecule has 1 aromatic carbocycles. The first kappa shape index (κ1) is 13.1. The van der Waals surface area contributed by atoms with Gasteiger partial charge in [-0.25, -0.2) is 13.1 Å². The van der Waals surface area contributed by atoms with E-state index in [2.05, 4.69) is 4.72 Å². The van der Waals surface area contributed by atoms with Crippen LogP contribution in [0.1, 0.15) is 11.3 Å². The number of halogens is 1. The summed E-state index contributed by atoms with van der Waals surface area (Å²) in [5.41, 5.74) is 0.835. The average Bonchev–Trinajstić information content (AvgIpc) is 2.83. The van der Waals surface area contributed by atoms with Crippen molar-refractivity contribution < 1.29 is 12.8 Å². The smallest absolute Gasteiger partial charge is 0.241 e. The summed E-state index contributed by atoms with van der Waals surface area (Å²) in [5, 5.41) is 0.427. The lowest BCUT2D eigenvalue weighted by Gasteiger charge is -2.06. The van der Waals surface area contributed by atoms with Crippen molar-refractivity contribution in [1.82, 2.24) is 4.72 Å². The van der Waals surface area contributed by atoms with Gasteiger partial charge in [-0.2, -0.15) is 0 Å². The van der Waals surface area contributed by atoms with Gasteiger partial charge in [-0.15, -0.1) is 0 Å². The van der Waals surface area contributed by atoms with E-state index in [9.17, 15) is 8.42 Å². The summed E-state index contributed by atoms with van der Waals surface area (Å²) in [4.78, 5) is 0.143. The Kier molecular flexibility index (Phi) is 3.75. The van der Waals surface area contributed by atoms with Crippen LogP contribution in [0.4, 0.5) is 0 Å². The molecule has 0 radical (unpaired) electrons. The predicted octanol–water partition coefficient (Wildman–Crippen LogP) is 2.72. The van der Waals surface area contributed by atoms with Crippen molar-refractivity contribution in [2.75, 3.05) is 0 Å². The van der Waals surface area contributed by atoms with Gasteiger partial charge in [0.15, 0.2) is 0 Å². The van der Waals surface area contributed by atoms with E-state index >= 15 is 0 Å². The van der Waals surface area contributed by atoms with Crippen molar-refractivity contribution in [2.45, 2.75) is 18.4 Å². The minimum absolute atomic E-state index is 0.112. The molecule has 1 N–H and O–H groups in total. The highest BCUT2D eigenvalue weighted by atomic mass is 35.5. The second kappa shape index (κ2) is 5.14. The van der Waals surface area contributed by atoms with Crippen LogP contribution >= 0.6 is 11.6 Å². The van der Waals surface area contributed by atoms with Crippen LogP contribution in [0.2, 0.25) is 5.02 Å². The van der Waals surface area contributed by atoms with Gasteiger partial charge in [0.25, 0.3) is 0 Å². The molecule has 2 aromatic rings. The molecule has 2 rings (SSSR count). The fourth-order valence-corrected chi connectivity index (χ4v) is 2.67. The second-order valence-electron chi connectivity index (χ2n) is 3.81. The molecule has 18 heavy (non-hydrogen) atoms. The molecule has 1 heterocycles. The SMILES string of the molecule is Cc1ccc(S(=O)(=O)NCc2ccco2)cc1Cl. The van der Waals surface area contributed by atoms with Gasteiger partial charge < -0.3 is 4.42 Å². The topological polar surface area (TPSA) is 59.3 Å². The molecule has 0 aliphatic carbocycles. The molecule has 0 saturated carbocycles. The monoisotopic (exact) mass is 285 g/mol. The lowest BCUT2D eigenvalue weighted by molar-refractivity contribution is 0.498. The Morgan fingerprint density at radius 2 is 2.11 bits per heavy atom. The zero-order valence-corrected chi connectivity index (χ0v) is 11.3. The van der Waals surface area contributed by atoms with E-state index in [1.807, 2.05) is 6.92 Å². The summed E-state index contributed by atoms with van der Waals surface area (Å²) >= 11 is 5.91. The van der Waals surface area contributed by atoms with Crippen LogP contribution < -0.4 is 4.72 Å².